The Morgan fingerprint density at radius 2 is 1.92 bits per heavy atom. The van der Waals surface area contributed by atoms with Gasteiger partial charge in [-0.3, -0.25) is 14.9 Å². The van der Waals surface area contributed by atoms with Crippen LogP contribution in [0.4, 0.5) is 0 Å². The molecule has 3 heterocycles. The molecule has 0 aromatic carbocycles. The quantitative estimate of drug-likeness (QED) is 0.781. The Morgan fingerprint density at radius 1 is 1.08 bits per heavy atom. The van der Waals surface area contributed by atoms with Gasteiger partial charge in [-0.25, -0.2) is 0 Å². The van der Waals surface area contributed by atoms with Crippen LogP contribution in [0.5, 0.6) is 0 Å². The highest BCUT2D eigenvalue weighted by molar-refractivity contribution is 5.82. The first-order valence-electron chi connectivity index (χ1n) is 10.1. The summed E-state index contributed by atoms with van der Waals surface area (Å²) >= 11 is 0. The fourth-order valence-corrected chi connectivity index (χ4v) is 5.44. The minimum atomic E-state index is -0.298. The van der Waals surface area contributed by atoms with Gasteiger partial charge in [0.15, 0.2) is 0 Å². The summed E-state index contributed by atoms with van der Waals surface area (Å²) < 4.78 is 11.5. The molecule has 1 aliphatic carbocycles. The molecule has 0 aromatic rings. The summed E-state index contributed by atoms with van der Waals surface area (Å²) in [6.07, 6.45) is 4.39. The molecule has 6 atom stereocenters. The van der Waals surface area contributed by atoms with E-state index in [0.29, 0.717) is 19.1 Å². The number of carbonyl (C=O) groups is 2. The third-order valence-electron chi connectivity index (χ3n) is 6.54. The number of nitrogens with zero attached hydrogens (tertiary/aromatic N) is 2. The zero-order valence-electron chi connectivity index (χ0n) is 15.9. The maximum Gasteiger partial charge on any atom is 0.252 e. The molecule has 4 fully saturated rings. The van der Waals surface area contributed by atoms with E-state index in [2.05, 4.69) is 12.2 Å². The van der Waals surface area contributed by atoms with E-state index in [1.165, 1.54) is 0 Å². The molecule has 0 aromatic heterocycles. The van der Waals surface area contributed by atoms with Crippen LogP contribution in [0.15, 0.2) is 0 Å². The molecule has 146 valence electrons. The number of fused-ring (bicyclic) bond motifs is 1. The first-order chi connectivity index (χ1) is 12.6. The molecular formula is C19H31N3O4. The Morgan fingerprint density at radius 3 is 2.58 bits per heavy atom. The lowest BCUT2D eigenvalue weighted by Gasteiger charge is -2.54. The van der Waals surface area contributed by atoms with Crippen LogP contribution in [-0.2, 0) is 19.1 Å². The highest BCUT2D eigenvalue weighted by Crippen LogP contribution is 2.38. The van der Waals surface area contributed by atoms with Gasteiger partial charge in [-0.2, -0.15) is 0 Å². The van der Waals surface area contributed by atoms with E-state index < -0.39 is 0 Å². The third-order valence-corrected chi connectivity index (χ3v) is 6.54. The summed E-state index contributed by atoms with van der Waals surface area (Å²) in [5.74, 6) is 0.625. The van der Waals surface area contributed by atoms with Gasteiger partial charge >= 0.3 is 0 Å². The minimum Gasteiger partial charge on any atom is -0.368 e. The number of carbonyl (C=O) groups excluding carboxylic acids is 2. The van der Waals surface area contributed by atoms with Gasteiger partial charge in [0, 0.05) is 38.6 Å². The maximum absolute atomic E-state index is 13.2. The normalized spacial score (nSPS) is 40.5. The highest BCUT2D eigenvalue weighted by Gasteiger charge is 2.48. The van der Waals surface area contributed by atoms with Crippen LogP contribution in [0, 0.1) is 5.92 Å². The summed E-state index contributed by atoms with van der Waals surface area (Å²) in [6, 6.07) is 0.229. The molecule has 0 bridgehead atoms. The Balaban J connectivity index is 1.56. The predicted octanol–water partition coefficient (Wildman–Crippen LogP) is 0.728. The van der Waals surface area contributed by atoms with Crippen LogP contribution < -0.4 is 5.32 Å². The van der Waals surface area contributed by atoms with Gasteiger partial charge in [0.1, 0.15) is 12.3 Å². The van der Waals surface area contributed by atoms with Gasteiger partial charge in [-0.05, 0) is 39.0 Å². The van der Waals surface area contributed by atoms with Gasteiger partial charge < -0.3 is 19.3 Å². The molecule has 1 saturated carbocycles. The van der Waals surface area contributed by atoms with Crippen LogP contribution in [-0.4, -0.2) is 78.4 Å². The van der Waals surface area contributed by atoms with Crippen molar-refractivity contribution in [2.24, 2.45) is 5.92 Å². The fraction of sp³-hybridized carbons (Fsp3) is 0.895. The number of ether oxygens (including phenoxy) is 2. The van der Waals surface area contributed by atoms with E-state index in [9.17, 15) is 9.59 Å². The number of amides is 2. The fourth-order valence-electron chi connectivity index (χ4n) is 5.44. The maximum atomic E-state index is 13.2. The second kappa shape index (κ2) is 7.44. The van der Waals surface area contributed by atoms with Crippen molar-refractivity contribution in [1.29, 1.82) is 0 Å². The zero-order valence-corrected chi connectivity index (χ0v) is 15.9. The Bertz CT molecular complexity index is 545. The first-order valence-corrected chi connectivity index (χ1v) is 10.1. The smallest absolute Gasteiger partial charge is 0.252 e. The standard InChI is InChI=1S/C19H31N3O4/c1-12-11-21(19(24)17-4-3-8-25-17)16-10-14(18-20-7-9-26-18)5-6-15(16)22(12)13(2)23/h12,14-18,20H,3-11H2,1-2H3/t12-,14?,15?,16?,17?,18?/m0/s1. The number of hydrogen-bond donors (Lipinski definition) is 1. The molecular weight excluding hydrogens is 334 g/mol. The van der Waals surface area contributed by atoms with E-state index in [1.54, 1.807) is 6.92 Å². The first kappa shape index (κ1) is 18.2. The lowest BCUT2D eigenvalue weighted by Crippen LogP contribution is -2.68. The van der Waals surface area contributed by atoms with E-state index in [4.69, 9.17) is 9.47 Å². The average molecular weight is 365 g/mol. The zero-order chi connectivity index (χ0) is 18.3. The molecule has 3 saturated heterocycles. The number of rotatable bonds is 2. The molecule has 0 spiro atoms. The molecule has 7 heteroatoms. The van der Waals surface area contributed by atoms with Crippen molar-refractivity contribution < 1.29 is 19.1 Å². The van der Waals surface area contributed by atoms with Crippen molar-refractivity contribution in [3.05, 3.63) is 0 Å². The second-order valence-electron chi connectivity index (χ2n) is 8.22. The van der Waals surface area contributed by atoms with Crippen LogP contribution in [0.1, 0.15) is 46.0 Å². The molecule has 2 amide bonds. The molecule has 1 N–H and O–H groups in total. The molecule has 5 unspecified atom stereocenters. The van der Waals surface area contributed by atoms with Crippen molar-refractivity contribution in [2.75, 3.05) is 26.3 Å². The van der Waals surface area contributed by atoms with Crippen molar-refractivity contribution in [2.45, 2.75) is 76.4 Å². The lowest BCUT2D eigenvalue weighted by molar-refractivity contribution is -0.161. The second-order valence-corrected chi connectivity index (χ2v) is 8.22. The SMILES string of the molecule is CC(=O)N1C2CCC(C3NCCO3)CC2N(C(=O)C2CCCO2)C[C@@H]1C. The topological polar surface area (TPSA) is 71.1 Å². The predicted molar refractivity (Wildman–Crippen MR) is 95.3 cm³/mol. The molecule has 4 rings (SSSR count). The van der Waals surface area contributed by atoms with Gasteiger partial charge in [-0.15, -0.1) is 0 Å². The van der Waals surface area contributed by atoms with Crippen molar-refractivity contribution in [3.63, 3.8) is 0 Å². The van der Waals surface area contributed by atoms with Crippen LogP contribution in [0.3, 0.4) is 0 Å². The number of piperazine rings is 1. The van der Waals surface area contributed by atoms with Crippen molar-refractivity contribution in [3.8, 4) is 0 Å². The van der Waals surface area contributed by atoms with Gasteiger partial charge in [0.25, 0.3) is 5.91 Å². The van der Waals surface area contributed by atoms with E-state index in [1.807, 2.05) is 9.80 Å². The summed E-state index contributed by atoms with van der Waals surface area (Å²) in [4.78, 5) is 29.5. The Hall–Kier alpha value is -1.18. The summed E-state index contributed by atoms with van der Waals surface area (Å²) in [6.45, 7) is 6.63. The summed E-state index contributed by atoms with van der Waals surface area (Å²) in [7, 11) is 0. The Labute approximate surface area is 155 Å². The number of nitrogens with one attached hydrogen (secondary N) is 1. The highest BCUT2D eigenvalue weighted by atomic mass is 16.5. The van der Waals surface area contributed by atoms with E-state index >= 15 is 0 Å². The minimum absolute atomic E-state index is 0.0523. The van der Waals surface area contributed by atoms with Gasteiger partial charge in [0.2, 0.25) is 5.91 Å². The molecule has 4 aliphatic rings. The molecule has 26 heavy (non-hydrogen) atoms. The number of hydrogen-bond acceptors (Lipinski definition) is 5. The molecule has 3 aliphatic heterocycles. The van der Waals surface area contributed by atoms with Gasteiger partial charge in [0.05, 0.1) is 18.7 Å². The van der Waals surface area contributed by atoms with Gasteiger partial charge in [-0.1, -0.05) is 0 Å². The van der Waals surface area contributed by atoms with Crippen LogP contribution in [0.2, 0.25) is 0 Å². The largest absolute Gasteiger partial charge is 0.368 e. The van der Waals surface area contributed by atoms with Crippen LogP contribution in [0.25, 0.3) is 0 Å². The van der Waals surface area contributed by atoms with Crippen molar-refractivity contribution in [1.82, 2.24) is 15.1 Å². The summed E-state index contributed by atoms with van der Waals surface area (Å²) in [5.41, 5.74) is 0. The lowest BCUT2D eigenvalue weighted by atomic mass is 9.77. The Kier molecular flexibility index (Phi) is 5.21. The third kappa shape index (κ3) is 3.25. The molecule has 0 radical (unpaired) electrons. The van der Waals surface area contributed by atoms with E-state index in [-0.39, 0.29) is 42.3 Å². The molecule has 7 nitrogen and oxygen atoms in total. The average Bonchev–Trinajstić information content (AvgIpc) is 3.33. The summed E-state index contributed by atoms with van der Waals surface area (Å²) in [5, 5.41) is 3.43. The van der Waals surface area contributed by atoms with Crippen molar-refractivity contribution >= 4 is 11.8 Å². The van der Waals surface area contributed by atoms with Crippen LogP contribution >= 0.6 is 0 Å². The van der Waals surface area contributed by atoms with E-state index in [0.717, 1.165) is 45.3 Å². The monoisotopic (exact) mass is 365 g/mol.